The summed E-state index contributed by atoms with van der Waals surface area (Å²) in [5, 5.41) is 7.90. The van der Waals surface area contributed by atoms with E-state index in [-0.39, 0.29) is 0 Å². The maximum Gasteiger partial charge on any atom is 0.0415 e. The van der Waals surface area contributed by atoms with Crippen LogP contribution in [0.1, 0.15) is 23.1 Å². The second kappa shape index (κ2) is 5.37. The molecule has 1 aromatic carbocycles. The Bertz CT molecular complexity index is 552. The monoisotopic (exact) mass is 339 g/mol. The van der Waals surface area contributed by atoms with Crippen molar-refractivity contribution in [1.82, 2.24) is 5.32 Å². The number of fused-ring (bicyclic) bond motifs is 1. The first kappa shape index (κ1) is 12.7. The van der Waals surface area contributed by atoms with Gasteiger partial charge in [0.15, 0.2) is 0 Å². The third-order valence-corrected chi connectivity index (χ3v) is 6.39. The van der Waals surface area contributed by atoms with Crippen LogP contribution in [0.5, 0.6) is 0 Å². The van der Waals surface area contributed by atoms with Gasteiger partial charge in [0.05, 0.1) is 0 Å². The Morgan fingerprint density at radius 3 is 2.89 bits per heavy atom. The minimum Gasteiger partial charge on any atom is -0.312 e. The summed E-state index contributed by atoms with van der Waals surface area (Å²) in [6.07, 6.45) is 0. The van der Waals surface area contributed by atoms with E-state index in [2.05, 4.69) is 63.3 Å². The van der Waals surface area contributed by atoms with Crippen molar-refractivity contribution in [2.75, 3.05) is 12.8 Å². The van der Waals surface area contributed by atoms with Crippen LogP contribution in [-0.2, 0) is 0 Å². The molecule has 1 aliphatic heterocycles. The van der Waals surface area contributed by atoms with Crippen LogP contribution in [-0.4, -0.2) is 12.8 Å². The molecule has 0 spiro atoms. The van der Waals surface area contributed by atoms with Gasteiger partial charge in [-0.25, -0.2) is 0 Å². The van der Waals surface area contributed by atoms with Gasteiger partial charge in [0.1, 0.15) is 0 Å². The largest absolute Gasteiger partial charge is 0.312 e. The highest BCUT2D eigenvalue weighted by Crippen LogP contribution is 2.46. The Labute approximate surface area is 124 Å². The zero-order chi connectivity index (χ0) is 12.5. The molecule has 2 aromatic rings. The van der Waals surface area contributed by atoms with Gasteiger partial charge >= 0.3 is 0 Å². The molecule has 1 aromatic heterocycles. The molecule has 94 valence electrons. The Kier molecular flexibility index (Phi) is 3.80. The minimum absolute atomic E-state index is 0.391. The second-order valence-electron chi connectivity index (χ2n) is 4.40. The first-order valence-electron chi connectivity index (χ1n) is 5.92. The lowest BCUT2D eigenvalue weighted by atomic mass is 9.90. The third kappa shape index (κ3) is 2.16. The van der Waals surface area contributed by atoms with Gasteiger partial charge in [-0.15, -0.1) is 11.8 Å². The lowest BCUT2D eigenvalue weighted by Gasteiger charge is -2.23. The molecule has 4 heteroatoms. The number of thioether (sulfide) groups is 1. The van der Waals surface area contributed by atoms with Crippen LogP contribution in [0.4, 0.5) is 0 Å². The molecule has 0 aliphatic carbocycles. The molecule has 2 heterocycles. The smallest absolute Gasteiger partial charge is 0.0415 e. The van der Waals surface area contributed by atoms with Crippen molar-refractivity contribution in [1.29, 1.82) is 0 Å². The zero-order valence-electron chi connectivity index (χ0n) is 10.0. The summed E-state index contributed by atoms with van der Waals surface area (Å²) in [7, 11) is 2.06. The highest BCUT2D eigenvalue weighted by molar-refractivity contribution is 9.10. The van der Waals surface area contributed by atoms with Crippen molar-refractivity contribution in [3.05, 3.63) is 50.6 Å². The standard InChI is InChI=1S/C14H14BrNS2/c1-16-14(11-6-17-8-12(11)15)10-7-18-13-5-3-2-4-9(10)13/h2-6,8,10,14,16H,7H2,1H3. The fraction of sp³-hybridized carbons (Fsp3) is 0.286. The Hall–Kier alpha value is -0.290. The first-order valence-corrected chi connectivity index (χ1v) is 8.64. The van der Waals surface area contributed by atoms with Crippen LogP contribution in [0, 0.1) is 0 Å². The van der Waals surface area contributed by atoms with Crippen LogP contribution in [0.3, 0.4) is 0 Å². The molecule has 2 atom stereocenters. The molecule has 0 radical (unpaired) electrons. The highest BCUT2D eigenvalue weighted by atomic mass is 79.9. The van der Waals surface area contributed by atoms with E-state index in [9.17, 15) is 0 Å². The van der Waals surface area contributed by atoms with Gasteiger partial charge in [-0.1, -0.05) is 18.2 Å². The van der Waals surface area contributed by atoms with Crippen LogP contribution in [0.15, 0.2) is 44.4 Å². The molecule has 18 heavy (non-hydrogen) atoms. The van der Waals surface area contributed by atoms with Gasteiger partial charge < -0.3 is 5.32 Å². The van der Waals surface area contributed by atoms with Gasteiger partial charge in [-0.2, -0.15) is 11.3 Å². The number of nitrogens with one attached hydrogen (secondary N) is 1. The SMILES string of the molecule is CNC(c1cscc1Br)C1CSc2ccccc21. The van der Waals surface area contributed by atoms with Gasteiger partial charge in [0.2, 0.25) is 0 Å². The summed E-state index contributed by atoms with van der Waals surface area (Å²) >= 11 is 7.39. The molecule has 0 saturated carbocycles. The fourth-order valence-electron chi connectivity index (χ4n) is 2.55. The number of hydrogen-bond acceptors (Lipinski definition) is 3. The molecule has 0 fully saturated rings. The van der Waals surface area contributed by atoms with Crippen LogP contribution in [0.2, 0.25) is 0 Å². The molecule has 3 rings (SSSR count). The highest BCUT2D eigenvalue weighted by Gasteiger charge is 2.31. The summed E-state index contributed by atoms with van der Waals surface area (Å²) in [5.74, 6) is 1.72. The Morgan fingerprint density at radius 1 is 1.33 bits per heavy atom. The van der Waals surface area contributed by atoms with E-state index in [1.165, 1.54) is 20.5 Å². The number of benzene rings is 1. The van der Waals surface area contributed by atoms with Crippen molar-refractivity contribution in [3.63, 3.8) is 0 Å². The van der Waals surface area contributed by atoms with Crippen molar-refractivity contribution < 1.29 is 0 Å². The van der Waals surface area contributed by atoms with E-state index in [1.54, 1.807) is 11.3 Å². The number of likely N-dealkylation sites (N-methyl/N-ethyl adjacent to an activating group) is 1. The average Bonchev–Trinajstić information content (AvgIpc) is 2.99. The van der Waals surface area contributed by atoms with Gasteiger partial charge in [-0.05, 0) is 45.6 Å². The van der Waals surface area contributed by atoms with Crippen LogP contribution >= 0.6 is 39.0 Å². The lowest BCUT2D eigenvalue weighted by Crippen LogP contribution is -2.23. The molecule has 1 N–H and O–H groups in total. The van der Waals surface area contributed by atoms with Gasteiger partial charge in [0, 0.05) is 32.5 Å². The van der Waals surface area contributed by atoms with Crippen molar-refractivity contribution in [2.24, 2.45) is 0 Å². The van der Waals surface area contributed by atoms with Crippen molar-refractivity contribution >= 4 is 39.0 Å². The predicted molar refractivity (Wildman–Crippen MR) is 83.7 cm³/mol. The van der Waals surface area contributed by atoms with Crippen molar-refractivity contribution in [3.8, 4) is 0 Å². The lowest BCUT2D eigenvalue weighted by molar-refractivity contribution is 0.514. The predicted octanol–water partition coefficient (Wildman–Crippen LogP) is 4.66. The molecular weight excluding hydrogens is 326 g/mol. The Balaban J connectivity index is 1.98. The first-order chi connectivity index (χ1) is 8.81. The summed E-state index contributed by atoms with van der Waals surface area (Å²) in [4.78, 5) is 1.44. The summed E-state index contributed by atoms with van der Waals surface area (Å²) in [6, 6.07) is 9.16. The quantitative estimate of drug-likeness (QED) is 0.872. The molecular formula is C14H14BrNS2. The topological polar surface area (TPSA) is 12.0 Å². The van der Waals surface area contributed by atoms with Gasteiger partial charge in [-0.3, -0.25) is 0 Å². The van der Waals surface area contributed by atoms with Crippen molar-refractivity contribution in [2.45, 2.75) is 16.9 Å². The number of halogens is 1. The van der Waals surface area contributed by atoms with E-state index in [1.807, 2.05) is 11.8 Å². The fourth-order valence-corrected chi connectivity index (χ4v) is 5.42. The molecule has 1 aliphatic rings. The zero-order valence-corrected chi connectivity index (χ0v) is 13.2. The summed E-state index contributed by atoms with van der Waals surface area (Å²) in [6.45, 7) is 0. The van der Waals surface area contributed by atoms with Crippen LogP contribution < -0.4 is 5.32 Å². The van der Waals surface area contributed by atoms with E-state index in [0.29, 0.717) is 12.0 Å². The van der Waals surface area contributed by atoms with E-state index >= 15 is 0 Å². The normalized spacial score (nSPS) is 19.8. The third-order valence-electron chi connectivity index (χ3n) is 3.43. The van der Waals surface area contributed by atoms with Crippen LogP contribution in [0.25, 0.3) is 0 Å². The molecule has 0 bridgehead atoms. The van der Waals surface area contributed by atoms with E-state index in [4.69, 9.17) is 0 Å². The second-order valence-corrected chi connectivity index (χ2v) is 7.06. The maximum absolute atomic E-state index is 3.66. The summed E-state index contributed by atoms with van der Waals surface area (Å²) in [5.41, 5.74) is 2.87. The molecule has 2 unspecified atom stereocenters. The van der Waals surface area contributed by atoms with Gasteiger partial charge in [0.25, 0.3) is 0 Å². The van der Waals surface area contributed by atoms with E-state index < -0.39 is 0 Å². The number of rotatable bonds is 3. The minimum atomic E-state index is 0.391. The van der Waals surface area contributed by atoms with E-state index in [0.717, 1.165) is 5.75 Å². The summed E-state index contributed by atoms with van der Waals surface area (Å²) < 4.78 is 1.22. The Morgan fingerprint density at radius 2 is 2.17 bits per heavy atom. The molecule has 1 nitrogen and oxygen atoms in total. The maximum atomic E-state index is 3.66. The molecule has 0 amide bonds. The number of hydrogen-bond donors (Lipinski definition) is 1. The average molecular weight is 340 g/mol. The molecule has 0 saturated heterocycles. The number of thiophene rings is 1.